The summed E-state index contributed by atoms with van der Waals surface area (Å²) in [6.07, 6.45) is 3.21. The maximum absolute atomic E-state index is 12.3. The van der Waals surface area contributed by atoms with Crippen LogP contribution in [-0.2, 0) is 13.1 Å². The highest BCUT2D eigenvalue weighted by Crippen LogP contribution is 2.08. The Balaban J connectivity index is 1.59. The smallest absolute Gasteiger partial charge is 0.253 e. The summed E-state index contributed by atoms with van der Waals surface area (Å²) < 4.78 is 5.19. The summed E-state index contributed by atoms with van der Waals surface area (Å²) in [6.45, 7) is 2.44. The van der Waals surface area contributed by atoms with Gasteiger partial charge in [-0.05, 0) is 48.9 Å². The van der Waals surface area contributed by atoms with Crippen molar-refractivity contribution in [1.82, 2.24) is 15.6 Å². The second kappa shape index (κ2) is 8.11. The number of aryl methyl sites for hydroxylation is 1. The average Bonchev–Trinajstić information content (AvgIpc) is 3.18. The molecule has 0 unspecified atom stereocenters. The minimum Gasteiger partial charge on any atom is -0.467 e. The lowest BCUT2D eigenvalue weighted by molar-refractivity contribution is 0.0943. The second-order valence-electron chi connectivity index (χ2n) is 5.78. The van der Waals surface area contributed by atoms with E-state index in [1.54, 1.807) is 61.8 Å². The van der Waals surface area contributed by atoms with Gasteiger partial charge in [-0.15, -0.1) is 0 Å². The SMILES string of the molecule is Cc1ncccc1C(=O)NCc1cccc(C(=O)NCc2ccco2)c1. The standard InChI is InChI=1S/C20H19N3O3/c1-14-18(8-3-9-21-14)20(25)22-12-15-5-2-6-16(11-15)19(24)23-13-17-7-4-10-26-17/h2-11H,12-13H2,1H3,(H,22,25)(H,23,24). The van der Waals surface area contributed by atoms with Crippen molar-refractivity contribution in [3.8, 4) is 0 Å². The number of pyridine rings is 1. The van der Waals surface area contributed by atoms with E-state index in [4.69, 9.17) is 4.42 Å². The Morgan fingerprint density at radius 3 is 2.62 bits per heavy atom. The normalized spacial score (nSPS) is 10.3. The lowest BCUT2D eigenvalue weighted by atomic mass is 10.1. The molecule has 3 rings (SSSR count). The number of amides is 2. The van der Waals surface area contributed by atoms with Gasteiger partial charge in [-0.25, -0.2) is 0 Å². The number of benzene rings is 1. The lowest BCUT2D eigenvalue weighted by Crippen LogP contribution is -2.25. The van der Waals surface area contributed by atoms with E-state index in [0.29, 0.717) is 35.7 Å². The van der Waals surface area contributed by atoms with Crippen LogP contribution in [0.1, 0.15) is 37.7 Å². The molecule has 26 heavy (non-hydrogen) atoms. The summed E-state index contributed by atoms with van der Waals surface area (Å²) in [6, 6.07) is 14.2. The molecule has 6 nitrogen and oxygen atoms in total. The monoisotopic (exact) mass is 349 g/mol. The van der Waals surface area contributed by atoms with Gasteiger partial charge in [0.1, 0.15) is 5.76 Å². The maximum atomic E-state index is 12.3. The topological polar surface area (TPSA) is 84.2 Å². The molecule has 1 aromatic carbocycles. The van der Waals surface area contributed by atoms with Crippen molar-refractivity contribution < 1.29 is 14.0 Å². The molecular weight excluding hydrogens is 330 g/mol. The minimum absolute atomic E-state index is 0.191. The van der Waals surface area contributed by atoms with Crippen LogP contribution in [0.25, 0.3) is 0 Å². The van der Waals surface area contributed by atoms with Crippen molar-refractivity contribution in [2.45, 2.75) is 20.0 Å². The first kappa shape index (κ1) is 17.4. The van der Waals surface area contributed by atoms with Crippen LogP contribution in [0.15, 0.2) is 65.4 Å². The fraction of sp³-hybridized carbons (Fsp3) is 0.150. The van der Waals surface area contributed by atoms with Gasteiger partial charge in [-0.2, -0.15) is 0 Å². The third kappa shape index (κ3) is 4.36. The van der Waals surface area contributed by atoms with Crippen molar-refractivity contribution in [3.63, 3.8) is 0 Å². The van der Waals surface area contributed by atoms with Gasteiger partial charge in [-0.1, -0.05) is 12.1 Å². The predicted octanol–water partition coefficient (Wildman–Crippen LogP) is 2.84. The van der Waals surface area contributed by atoms with E-state index in [2.05, 4.69) is 15.6 Å². The third-order valence-corrected chi connectivity index (χ3v) is 3.90. The minimum atomic E-state index is -0.197. The Labute approximate surface area is 151 Å². The number of aromatic nitrogens is 1. The number of rotatable bonds is 6. The molecule has 2 amide bonds. The summed E-state index contributed by atoms with van der Waals surface area (Å²) in [7, 11) is 0. The first-order valence-corrected chi connectivity index (χ1v) is 8.23. The van der Waals surface area contributed by atoms with Crippen molar-refractivity contribution in [3.05, 3.63) is 89.1 Å². The highest BCUT2D eigenvalue weighted by molar-refractivity contribution is 5.95. The Morgan fingerprint density at radius 1 is 1.00 bits per heavy atom. The molecular formula is C20H19N3O3. The van der Waals surface area contributed by atoms with Gasteiger partial charge < -0.3 is 15.1 Å². The van der Waals surface area contributed by atoms with Crippen LogP contribution in [-0.4, -0.2) is 16.8 Å². The van der Waals surface area contributed by atoms with Crippen molar-refractivity contribution in [2.24, 2.45) is 0 Å². The molecule has 0 radical (unpaired) electrons. The lowest BCUT2D eigenvalue weighted by Gasteiger charge is -2.09. The number of carbonyl (C=O) groups is 2. The molecule has 3 aromatic rings. The largest absolute Gasteiger partial charge is 0.467 e. The molecule has 0 atom stereocenters. The first-order valence-electron chi connectivity index (χ1n) is 8.23. The van der Waals surface area contributed by atoms with Crippen LogP contribution in [0.2, 0.25) is 0 Å². The molecule has 2 N–H and O–H groups in total. The highest BCUT2D eigenvalue weighted by atomic mass is 16.3. The van der Waals surface area contributed by atoms with Gasteiger partial charge >= 0.3 is 0 Å². The zero-order valence-electron chi connectivity index (χ0n) is 14.4. The molecule has 0 spiro atoms. The van der Waals surface area contributed by atoms with E-state index in [9.17, 15) is 9.59 Å². The molecule has 132 valence electrons. The van der Waals surface area contributed by atoms with Gasteiger partial charge in [0.25, 0.3) is 11.8 Å². The molecule has 0 fully saturated rings. The van der Waals surface area contributed by atoms with E-state index < -0.39 is 0 Å². The fourth-order valence-electron chi connectivity index (χ4n) is 2.51. The quantitative estimate of drug-likeness (QED) is 0.717. The fourth-order valence-corrected chi connectivity index (χ4v) is 2.51. The molecule has 0 saturated carbocycles. The maximum Gasteiger partial charge on any atom is 0.253 e. The van der Waals surface area contributed by atoms with Crippen LogP contribution < -0.4 is 10.6 Å². The Kier molecular flexibility index (Phi) is 5.43. The molecule has 0 aliphatic rings. The van der Waals surface area contributed by atoms with E-state index >= 15 is 0 Å². The van der Waals surface area contributed by atoms with Gasteiger partial charge in [-0.3, -0.25) is 14.6 Å². The number of carbonyl (C=O) groups excluding carboxylic acids is 2. The number of hydrogen-bond donors (Lipinski definition) is 2. The first-order chi connectivity index (χ1) is 12.6. The molecule has 0 aliphatic heterocycles. The van der Waals surface area contributed by atoms with Crippen LogP contribution in [0.3, 0.4) is 0 Å². The van der Waals surface area contributed by atoms with E-state index in [0.717, 1.165) is 5.56 Å². The van der Waals surface area contributed by atoms with Crippen LogP contribution >= 0.6 is 0 Å². The zero-order chi connectivity index (χ0) is 18.4. The van der Waals surface area contributed by atoms with Crippen LogP contribution in [0.5, 0.6) is 0 Å². The number of hydrogen-bond acceptors (Lipinski definition) is 4. The highest BCUT2D eigenvalue weighted by Gasteiger charge is 2.10. The Bertz CT molecular complexity index is 904. The number of furan rings is 1. The van der Waals surface area contributed by atoms with Crippen molar-refractivity contribution in [2.75, 3.05) is 0 Å². The Morgan fingerprint density at radius 2 is 1.85 bits per heavy atom. The van der Waals surface area contributed by atoms with Gasteiger partial charge in [0.2, 0.25) is 0 Å². The van der Waals surface area contributed by atoms with Gasteiger partial charge in [0.15, 0.2) is 0 Å². The van der Waals surface area contributed by atoms with Crippen LogP contribution in [0.4, 0.5) is 0 Å². The molecule has 2 aromatic heterocycles. The molecule has 6 heteroatoms. The Hall–Kier alpha value is -3.41. The molecule has 0 aliphatic carbocycles. The van der Waals surface area contributed by atoms with Crippen molar-refractivity contribution in [1.29, 1.82) is 0 Å². The van der Waals surface area contributed by atoms with Crippen molar-refractivity contribution >= 4 is 11.8 Å². The molecule has 0 bridgehead atoms. The van der Waals surface area contributed by atoms with Crippen LogP contribution in [0, 0.1) is 6.92 Å². The summed E-state index contributed by atoms with van der Waals surface area (Å²) in [5.74, 6) is 0.301. The second-order valence-corrected chi connectivity index (χ2v) is 5.78. The van der Waals surface area contributed by atoms with Gasteiger partial charge in [0.05, 0.1) is 18.4 Å². The predicted molar refractivity (Wildman–Crippen MR) is 96.5 cm³/mol. The summed E-state index contributed by atoms with van der Waals surface area (Å²) in [5, 5.41) is 5.65. The summed E-state index contributed by atoms with van der Waals surface area (Å²) in [4.78, 5) is 28.6. The molecule has 0 saturated heterocycles. The number of nitrogens with one attached hydrogen (secondary N) is 2. The summed E-state index contributed by atoms with van der Waals surface area (Å²) >= 11 is 0. The molecule has 2 heterocycles. The van der Waals surface area contributed by atoms with E-state index in [1.165, 1.54) is 0 Å². The number of nitrogens with zero attached hydrogens (tertiary/aromatic N) is 1. The van der Waals surface area contributed by atoms with Gasteiger partial charge in [0, 0.05) is 24.0 Å². The summed E-state index contributed by atoms with van der Waals surface area (Å²) in [5.41, 5.74) is 2.59. The average molecular weight is 349 g/mol. The third-order valence-electron chi connectivity index (χ3n) is 3.90. The van der Waals surface area contributed by atoms with E-state index in [1.807, 2.05) is 6.07 Å². The zero-order valence-corrected chi connectivity index (χ0v) is 14.4. The van der Waals surface area contributed by atoms with E-state index in [-0.39, 0.29) is 11.8 Å².